The van der Waals surface area contributed by atoms with Crippen molar-refractivity contribution in [2.45, 2.75) is 32.6 Å². The van der Waals surface area contributed by atoms with Gasteiger partial charge in [0, 0.05) is 10.8 Å². The van der Waals surface area contributed by atoms with E-state index in [1.807, 2.05) is 18.2 Å². The Kier molecular flexibility index (Phi) is 3.41. The summed E-state index contributed by atoms with van der Waals surface area (Å²) in [4.78, 5) is 18.7. The number of furan rings is 1. The molecule has 118 valence electrons. The molecule has 0 radical (unpaired) electrons. The van der Waals surface area contributed by atoms with Crippen LogP contribution in [0.4, 0.5) is 0 Å². The van der Waals surface area contributed by atoms with Gasteiger partial charge in [0.15, 0.2) is 0 Å². The van der Waals surface area contributed by atoms with Crippen molar-refractivity contribution < 1.29 is 4.42 Å². The standard InChI is InChI=1S/C17H17N3O2S/c1-3-12-7-14-16(23-12)18-9-20(17(14)21)19-8-11-4-5-15(22-11)13-6-10(13)2/h4-5,7-10,13H,3,6H2,1-2H3/b19-8-/t10-,13+/m1/s1. The fourth-order valence-corrected chi connectivity index (χ4v) is 3.62. The number of hydrogen-bond acceptors (Lipinski definition) is 5. The molecule has 0 saturated heterocycles. The molecule has 0 aromatic carbocycles. The van der Waals surface area contributed by atoms with Crippen LogP contribution < -0.4 is 5.56 Å². The molecular formula is C17H17N3O2S. The normalized spacial score (nSPS) is 20.6. The van der Waals surface area contributed by atoms with Gasteiger partial charge in [0.05, 0.1) is 11.6 Å². The molecule has 2 atom stereocenters. The van der Waals surface area contributed by atoms with Crippen LogP contribution in [0.2, 0.25) is 0 Å². The van der Waals surface area contributed by atoms with E-state index in [-0.39, 0.29) is 5.56 Å². The number of fused-ring (bicyclic) bond motifs is 1. The van der Waals surface area contributed by atoms with Crippen LogP contribution in [0.25, 0.3) is 10.2 Å². The fraction of sp³-hybridized carbons (Fsp3) is 0.353. The number of hydrogen-bond donors (Lipinski definition) is 0. The van der Waals surface area contributed by atoms with Crippen LogP contribution in [0.1, 0.15) is 42.6 Å². The predicted octanol–water partition coefficient (Wildman–Crippen LogP) is 3.62. The molecule has 6 heteroatoms. The van der Waals surface area contributed by atoms with Gasteiger partial charge in [-0.05, 0) is 37.0 Å². The zero-order chi connectivity index (χ0) is 16.0. The molecule has 0 spiro atoms. The topological polar surface area (TPSA) is 60.4 Å². The number of aryl methyl sites for hydroxylation is 1. The van der Waals surface area contributed by atoms with E-state index in [0.717, 1.165) is 21.9 Å². The van der Waals surface area contributed by atoms with E-state index in [1.165, 1.54) is 17.4 Å². The summed E-state index contributed by atoms with van der Waals surface area (Å²) < 4.78 is 7.03. The highest BCUT2D eigenvalue weighted by molar-refractivity contribution is 7.18. The average molecular weight is 327 g/mol. The lowest BCUT2D eigenvalue weighted by Crippen LogP contribution is -2.16. The molecule has 3 aromatic heterocycles. The molecule has 1 aliphatic rings. The first-order chi connectivity index (χ1) is 11.2. The van der Waals surface area contributed by atoms with Crippen LogP contribution in [0.15, 0.2) is 38.8 Å². The van der Waals surface area contributed by atoms with Gasteiger partial charge in [0.1, 0.15) is 22.7 Å². The molecule has 0 bridgehead atoms. The van der Waals surface area contributed by atoms with Crippen LogP contribution >= 0.6 is 11.3 Å². The second-order valence-corrected chi connectivity index (χ2v) is 7.10. The average Bonchev–Trinajstić information content (AvgIpc) is 2.98. The van der Waals surface area contributed by atoms with Crippen molar-refractivity contribution in [1.82, 2.24) is 9.66 Å². The second-order valence-electron chi connectivity index (χ2n) is 5.98. The number of thiophene rings is 1. The van der Waals surface area contributed by atoms with Gasteiger partial charge in [-0.1, -0.05) is 13.8 Å². The molecule has 5 nitrogen and oxygen atoms in total. The Morgan fingerprint density at radius 2 is 2.35 bits per heavy atom. The molecule has 1 fully saturated rings. The summed E-state index contributed by atoms with van der Waals surface area (Å²) in [6, 6.07) is 5.79. The van der Waals surface area contributed by atoms with Crippen LogP contribution in [0.5, 0.6) is 0 Å². The monoisotopic (exact) mass is 327 g/mol. The van der Waals surface area contributed by atoms with Crippen molar-refractivity contribution in [3.63, 3.8) is 0 Å². The van der Waals surface area contributed by atoms with Crippen molar-refractivity contribution >= 4 is 27.8 Å². The van der Waals surface area contributed by atoms with Gasteiger partial charge in [-0.15, -0.1) is 11.3 Å². The van der Waals surface area contributed by atoms with Gasteiger partial charge in [0.25, 0.3) is 5.56 Å². The zero-order valence-electron chi connectivity index (χ0n) is 13.0. The first kappa shape index (κ1) is 14.4. The van der Waals surface area contributed by atoms with Gasteiger partial charge in [-0.2, -0.15) is 9.78 Å². The molecular weight excluding hydrogens is 310 g/mol. The van der Waals surface area contributed by atoms with Gasteiger partial charge in [0.2, 0.25) is 0 Å². The van der Waals surface area contributed by atoms with E-state index in [4.69, 9.17) is 4.42 Å². The molecule has 23 heavy (non-hydrogen) atoms. The molecule has 1 saturated carbocycles. The number of nitrogens with zero attached hydrogens (tertiary/aromatic N) is 3. The summed E-state index contributed by atoms with van der Waals surface area (Å²) in [7, 11) is 0. The Morgan fingerprint density at radius 3 is 3.09 bits per heavy atom. The van der Waals surface area contributed by atoms with E-state index < -0.39 is 0 Å². The summed E-state index contributed by atoms with van der Waals surface area (Å²) in [6.45, 7) is 4.28. The lowest BCUT2D eigenvalue weighted by Gasteiger charge is -1.96. The largest absolute Gasteiger partial charge is 0.460 e. The van der Waals surface area contributed by atoms with E-state index in [2.05, 4.69) is 23.9 Å². The van der Waals surface area contributed by atoms with Crippen molar-refractivity contribution in [3.8, 4) is 0 Å². The van der Waals surface area contributed by atoms with Crippen LogP contribution in [0.3, 0.4) is 0 Å². The minimum absolute atomic E-state index is 0.148. The van der Waals surface area contributed by atoms with E-state index in [0.29, 0.717) is 23.0 Å². The number of aromatic nitrogens is 2. The molecule has 1 aliphatic carbocycles. The highest BCUT2D eigenvalue weighted by Crippen LogP contribution is 2.47. The summed E-state index contributed by atoms with van der Waals surface area (Å²) in [5.41, 5.74) is -0.148. The van der Waals surface area contributed by atoms with Crippen LogP contribution in [-0.4, -0.2) is 15.9 Å². The highest BCUT2D eigenvalue weighted by Gasteiger charge is 2.36. The minimum Gasteiger partial charge on any atom is -0.460 e. The summed E-state index contributed by atoms with van der Waals surface area (Å²) in [6.07, 6.45) is 5.11. The maximum Gasteiger partial charge on any atom is 0.282 e. The quantitative estimate of drug-likeness (QED) is 0.688. The Labute approximate surface area is 137 Å². The van der Waals surface area contributed by atoms with Crippen LogP contribution in [-0.2, 0) is 6.42 Å². The smallest absolute Gasteiger partial charge is 0.282 e. The molecule has 0 aliphatic heterocycles. The molecule has 0 amide bonds. The van der Waals surface area contributed by atoms with Crippen LogP contribution in [0, 0.1) is 5.92 Å². The first-order valence-electron chi connectivity index (χ1n) is 7.80. The van der Waals surface area contributed by atoms with E-state index in [1.54, 1.807) is 17.6 Å². The Hall–Kier alpha value is -2.21. The Balaban J connectivity index is 1.62. The lowest BCUT2D eigenvalue weighted by molar-refractivity contribution is 0.500. The summed E-state index contributed by atoms with van der Waals surface area (Å²) >= 11 is 1.55. The Bertz CT molecular complexity index is 950. The SMILES string of the molecule is CCc1cc2c(=O)n(/N=C\c3ccc([C@H]4C[C@H]4C)o3)cnc2s1. The fourth-order valence-electron chi connectivity index (χ4n) is 2.69. The molecule has 4 rings (SSSR count). The third kappa shape index (κ3) is 2.63. The Morgan fingerprint density at radius 1 is 1.52 bits per heavy atom. The molecule has 3 heterocycles. The van der Waals surface area contributed by atoms with Gasteiger partial charge >= 0.3 is 0 Å². The third-order valence-corrected chi connectivity index (χ3v) is 5.45. The van der Waals surface area contributed by atoms with Gasteiger partial charge < -0.3 is 4.42 Å². The third-order valence-electron chi connectivity index (χ3n) is 4.27. The number of rotatable bonds is 4. The van der Waals surface area contributed by atoms with Gasteiger partial charge in [-0.25, -0.2) is 4.98 Å². The molecule has 0 N–H and O–H groups in total. The first-order valence-corrected chi connectivity index (χ1v) is 8.61. The summed E-state index contributed by atoms with van der Waals surface area (Å²) in [5.74, 6) is 2.90. The van der Waals surface area contributed by atoms with Crippen molar-refractivity contribution in [2.24, 2.45) is 11.0 Å². The van der Waals surface area contributed by atoms with Crippen molar-refractivity contribution in [2.75, 3.05) is 0 Å². The van der Waals surface area contributed by atoms with Gasteiger partial charge in [-0.3, -0.25) is 4.79 Å². The maximum absolute atomic E-state index is 12.4. The second kappa shape index (κ2) is 5.45. The van der Waals surface area contributed by atoms with E-state index >= 15 is 0 Å². The van der Waals surface area contributed by atoms with Crippen molar-refractivity contribution in [1.29, 1.82) is 0 Å². The maximum atomic E-state index is 12.4. The molecule has 0 unspecified atom stereocenters. The van der Waals surface area contributed by atoms with E-state index in [9.17, 15) is 4.79 Å². The van der Waals surface area contributed by atoms with Crippen molar-refractivity contribution in [3.05, 3.63) is 51.3 Å². The zero-order valence-corrected chi connectivity index (χ0v) is 13.8. The predicted molar refractivity (Wildman–Crippen MR) is 91.5 cm³/mol. The lowest BCUT2D eigenvalue weighted by atomic mass is 10.3. The minimum atomic E-state index is -0.148. The highest BCUT2D eigenvalue weighted by atomic mass is 32.1. The molecule has 3 aromatic rings. The summed E-state index contributed by atoms with van der Waals surface area (Å²) in [5, 5.41) is 4.82.